The molecule has 25 heavy (non-hydrogen) atoms. The Balaban J connectivity index is 1.66. The Kier molecular flexibility index (Phi) is 3.77. The number of hydrogen-bond donors (Lipinski definition) is 1. The van der Waals surface area contributed by atoms with Gasteiger partial charge in [-0.25, -0.2) is 9.37 Å². The maximum Gasteiger partial charge on any atom is 0.267 e. The van der Waals surface area contributed by atoms with Crippen molar-refractivity contribution in [3.8, 4) is 11.3 Å². The van der Waals surface area contributed by atoms with Crippen molar-refractivity contribution >= 4 is 27.9 Å². The molecule has 7 heteroatoms. The molecule has 0 aliphatic carbocycles. The first-order chi connectivity index (χ1) is 12.1. The van der Waals surface area contributed by atoms with Crippen molar-refractivity contribution in [3.63, 3.8) is 0 Å². The number of nitrogens with zero attached hydrogens (tertiary/aromatic N) is 3. The number of halogens is 1. The van der Waals surface area contributed by atoms with Crippen LogP contribution in [0.4, 0.5) is 10.1 Å². The van der Waals surface area contributed by atoms with Crippen LogP contribution in [-0.2, 0) is 0 Å². The number of anilines is 1. The van der Waals surface area contributed by atoms with Crippen LogP contribution in [0.3, 0.4) is 0 Å². The molecule has 0 saturated carbocycles. The zero-order chi connectivity index (χ0) is 17.4. The lowest BCUT2D eigenvalue weighted by Crippen LogP contribution is -2.11. The molecule has 4 aromatic rings. The molecule has 0 spiro atoms. The number of thiazole rings is 1. The summed E-state index contributed by atoms with van der Waals surface area (Å²) in [5.41, 5.74) is 3.03. The van der Waals surface area contributed by atoms with Gasteiger partial charge in [0.15, 0.2) is 4.96 Å². The maximum atomic E-state index is 13.1. The average molecular weight is 352 g/mol. The Morgan fingerprint density at radius 3 is 2.72 bits per heavy atom. The van der Waals surface area contributed by atoms with E-state index in [0.717, 1.165) is 17.0 Å². The molecule has 0 saturated heterocycles. The molecule has 0 unspecified atom stereocenters. The highest BCUT2D eigenvalue weighted by atomic mass is 32.1. The van der Waals surface area contributed by atoms with Crippen LogP contribution < -0.4 is 5.32 Å². The molecule has 124 valence electrons. The van der Waals surface area contributed by atoms with Crippen molar-refractivity contribution in [1.29, 1.82) is 0 Å². The fourth-order valence-corrected chi connectivity index (χ4v) is 3.55. The third-order valence-corrected chi connectivity index (χ3v) is 4.98. The second kappa shape index (κ2) is 6.10. The van der Waals surface area contributed by atoms with Crippen LogP contribution in [0.25, 0.3) is 16.2 Å². The predicted octanol–water partition coefficient (Wildman–Crippen LogP) is 4.16. The Morgan fingerprint density at radius 1 is 1.24 bits per heavy atom. The standard InChI is InChI=1S/C18H13FN4OS/c1-11-16(17(24)21-14-3-2-8-20-9-14)25-18-22-15(10-23(11)18)12-4-6-13(19)7-5-12/h2-10H,1H3,(H,21,24). The van der Waals surface area contributed by atoms with Gasteiger partial charge in [-0.05, 0) is 43.3 Å². The average Bonchev–Trinajstić information content (AvgIpc) is 3.16. The number of amides is 1. The van der Waals surface area contributed by atoms with Crippen LogP contribution in [0, 0.1) is 12.7 Å². The molecule has 4 rings (SSSR count). The molecule has 3 heterocycles. The van der Waals surface area contributed by atoms with Crippen LogP contribution in [0.5, 0.6) is 0 Å². The van der Waals surface area contributed by atoms with E-state index >= 15 is 0 Å². The van der Waals surface area contributed by atoms with E-state index in [1.165, 1.54) is 23.5 Å². The van der Waals surface area contributed by atoms with Crippen LogP contribution in [0.15, 0.2) is 55.0 Å². The quantitative estimate of drug-likeness (QED) is 0.602. The van der Waals surface area contributed by atoms with Gasteiger partial charge in [0.1, 0.15) is 10.7 Å². The van der Waals surface area contributed by atoms with E-state index in [0.29, 0.717) is 15.5 Å². The SMILES string of the molecule is Cc1c(C(=O)Nc2cccnc2)sc2nc(-c3ccc(F)cc3)cn12. The van der Waals surface area contributed by atoms with E-state index in [2.05, 4.69) is 15.3 Å². The minimum absolute atomic E-state index is 0.190. The Bertz CT molecular complexity index is 1050. The predicted molar refractivity (Wildman–Crippen MR) is 95.4 cm³/mol. The van der Waals surface area contributed by atoms with Crippen molar-refractivity contribution in [2.75, 3.05) is 5.32 Å². The van der Waals surface area contributed by atoms with Crippen LogP contribution in [0.1, 0.15) is 15.4 Å². The van der Waals surface area contributed by atoms with Gasteiger partial charge in [-0.15, -0.1) is 0 Å². The number of benzene rings is 1. The second-order valence-corrected chi connectivity index (χ2v) is 6.48. The lowest BCUT2D eigenvalue weighted by molar-refractivity contribution is 0.102. The van der Waals surface area contributed by atoms with Crippen molar-refractivity contribution in [1.82, 2.24) is 14.4 Å². The van der Waals surface area contributed by atoms with Crippen LogP contribution in [-0.4, -0.2) is 20.3 Å². The number of pyridine rings is 1. The van der Waals surface area contributed by atoms with Gasteiger partial charge in [0.2, 0.25) is 0 Å². The van der Waals surface area contributed by atoms with E-state index < -0.39 is 0 Å². The van der Waals surface area contributed by atoms with Crippen LogP contribution >= 0.6 is 11.3 Å². The summed E-state index contributed by atoms with van der Waals surface area (Å²) in [5.74, 6) is -0.473. The summed E-state index contributed by atoms with van der Waals surface area (Å²) < 4.78 is 14.9. The van der Waals surface area contributed by atoms with Gasteiger partial charge in [0.05, 0.1) is 17.6 Å². The highest BCUT2D eigenvalue weighted by Crippen LogP contribution is 2.27. The lowest BCUT2D eigenvalue weighted by atomic mass is 10.2. The summed E-state index contributed by atoms with van der Waals surface area (Å²) in [6.45, 7) is 1.87. The molecular formula is C18H13FN4OS. The first-order valence-corrected chi connectivity index (χ1v) is 8.39. The summed E-state index contributed by atoms with van der Waals surface area (Å²) in [4.78, 5) is 22.3. The van der Waals surface area contributed by atoms with E-state index in [1.807, 2.05) is 17.5 Å². The van der Waals surface area contributed by atoms with Gasteiger partial charge in [0, 0.05) is 23.7 Å². The third-order valence-electron chi connectivity index (χ3n) is 3.82. The highest BCUT2D eigenvalue weighted by Gasteiger charge is 2.18. The van der Waals surface area contributed by atoms with Crippen molar-refractivity contribution < 1.29 is 9.18 Å². The van der Waals surface area contributed by atoms with Crippen LogP contribution in [0.2, 0.25) is 0 Å². The van der Waals surface area contributed by atoms with Crippen molar-refractivity contribution in [2.24, 2.45) is 0 Å². The summed E-state index contributed by atoms with van der Waals surface area (Å²) >= 11 is 1.32. The molecule has 0 atom stereocenters. The number of imidazole rings is 1. The van der Waals surface area contributed by atoms with E-state index in [4.69, 9.17) is 0 Å². The monoisotopic (exact) mass is 352 g/mol. The van der Waals surface area contributed by atoms with E-state index in [9.17, 15) is 9.18 Å². The molecule has 1 N–H and O–H groups in total. The molecule has 1 amide bonds. The molecule has 0 fully saturated rings. The number of aryl methyl sites for hydroxylation is 1. The smallest absolute Gasteiger partial charge is 0.267 e. The number of carbonyl (C=O) groups excluding carboxylic acids is 1. The molecule has 0 radical (unpaired) electrons. The van der Waals surface area contributed by atoms with E-state index in [1.54, 1.807) is 36.7 Å². The summed E-state index contributed by atoms with van der Waals surface area (Å²) in [7, 11) is 0. The normalized spacial score (nSPS) is 11.0. The zero-order valence-corrected chi connectivity index (χ0v) is 14.0. The second-order valence-electron chi connectivity index (χ2n) is 5.50. The van der Waals surface area contributed by atoms with Gasteiger partial charge in [-0.1, -0.05) is 11.3 Å². The molecular weight excluding hydrogens is 339 g/mol. The topological polar surface area (TPSA) is 59.3 Å². The molecule has 0 aliphatic rings. The van der Waals surface area contributed by atoms with Gasteiger partial charge >= 0.3 is 0 Å². The highest BCUT2D eigenvalue weighted by molar-refractivity contribution is 7.19. The molecule has 3 aromatic heterocycles. The Morgan fingerprint density at radius 2 is 2.04 bits per heavy atom. The minimum atomic E-state index is -0.282. The number of rotatable bonds is 3. The van der Waals surface area contributed by atoms with Crippen molar-refractivity contribution in [3.05, 3.63) is 71.4 Å². The maximum absolute atomic E-state index is 13.1. The number of carbonyl (C=O) groups is 1. The van der Waals surface area contributed by atoms with Gasteiger partial charge < -0.3 is 5.32 Å². The van der Waals surface area contributed by atoms with Gasteiger partial charge in [-0.3, -0.25) is 14.2 Å². The summed E-state index contributed by atoms with van der Waals surface area (Å²) in [6.07, 6.45) is 5.10. The molecule has 1 aromatic carbocycles. The van der Waals surface area contributed by atoms with Gasteiger partial charge in [0.25, 0.3) is 5.91 Å². The Hall–Kier alpha value is -3.06. The minimum Gasteiger partial charge on any atom is -0.320 e. The zero-order valence-electron chi connectivity index (χ0n) is 13.2. The van der Waals surface area contributed by atoms with Crippen molar-refractivity contribution in [2.45, 2.75) is 6.92 Å². The fourth-order valence-electron chi connectivity index (χ4n) is 2.55. The first-order valence-electron chi connectivity index (χ1n) is 7.57. The third kappa shape index (κ3) is 2.89. The summed E-state index contributed by atoms with van der Waals surface area (Å²) in [5, 5.41) is 2.83. The number of aromatic nitrogens is 3. The first kappa shape index (κ1) is 15.5. The Labute approximate surface area is 146 Å². The van der Waals surface area contributed by atoms with E-state index in [-0.39, 0.29) is 11.7 Å². The molecule has 0 bridgehead atoms. The largest absolute Gasteiger partial charge is 0.320 e. The summed E-state index contributed by atoms with van der Waals surface area (Å²) in [6, 6.07) is 9.73. The number of fused-ring (bicyclic) bond motifs is 1. The number of nitrogens with one attached hydrogen (secondary N) is 1. The fraction of sp³-hybridized carbons (Fsp3) is 0.0556. The van der Waals surface area contributed by atoms with Gasteiger partial charge in [-0.2, -0.15) is 0 Å². The lowest BCUT2D eigenvalue weighted by Gasteiger charge is -2.03. The molecule has 5 nitrogen and oxygen atoms in total. The number of hydrogen-bond acceptors (Lipinski definition) is 4. The molecule has 0 aliphatic heterocycles.